The fraction of sp³-hybridized carbons (Fsp3) is 0.560. The monoisotopic (exact) mass is 1070 g/mol. The fourth-order valence-corrected chi connectivity index (χ4v) is 8.25. The molecule has 8 aromatic heterocycles. The van der Waals surface area contributed by atoms with E-state index >= 15 is 0 Å². The Kier molecular flexibility index (Phi) is 20.0. The van der Waals surface area contributed by atoms with Gasteiger partial charge in [-0.2, -0.15) is 53.0 Å². The Morgan fingerprint density at radius 2 is 0.831 bits per heavy atom. The molecule has 15 rings (SSSR count). The zero-order valence-corrected chi connectivity index (χ0v) is 42.8. The molecule has 9 aromatic rings. The van der Waals surface area contributed by atoms with Crippen LogP contribution >= 0.6 is 0 Å². The Morgan fingerprint density at radius 1 is 0.429 bits per heavy atom. The van der Waals surface area contributed by atoms with Gasteiger partial charge < -0.3 is 36.2 Å². The van der Waals surface area contributed by atoms with Crippen molar-refractivity contribution in [3.05, 3.63) is 122 Å². The molecule has 0 bridgehead atoms. The number of benzene rings is 1. The molecule has 0 amide bonds. The molecule has 0 aliphatic heterocycles. The van der Waals surface area contributed by atoms with Crippen LogP contribution in [0.4, 0.5) is 13.2 Å². The Balaban J connectivity index is 0.000000117. The summed E-state index contributed by atoms with van der Waals surface area (Å²) >= 11 is 0. The van der Waals surface area contributed by atoms with Crippen LogP contribution in [0, 0.1) is 0 Å². The molecule has 0 radical (unpaired) electrons. The Labute approximate surface area is 439 Å². The molecule has 6 aliphatic carbocycles. The van der Waals surface area contributed by atoms with E-state index in [2.05, 4.69) is 99.5 Å². The number of nitrogens with zero attached hydrogens (tertiary/aromatic N) is 16. The van der Waals surface area contributed by atoms with Gasteiger partial charge in [0, 0.05) is 40.1 Å². The summed E-state index contributed by atoms with van der Waals surface area (Å²) in [5.74, 6) is 6.44. The average Bonchev–Trinajstić information content (AvgIpc) is 4.17. The van der Waals surface area contributed by atoms with Gasteiger partial charge in [0.15, 0.2) is 50.6 Å². The van der Waals surface area contributed by atoms with Crippen molar-refractivity contribution >= 4 is 0 Å². The summed E-state index contributed by atoms with van der Waals surface area (Å²) in [6.07, 6.45) is 30.0. The Morgan fingerprint density at radius 3 is 1.16 bits per heavy atom. The third-order valence-corrected chi connectivity index (χ3v) is 13.8. The standard InChI is InChI=1S/C8H12N2O.C8H6N2O.2C7H10N2O.2C6H8N2O.C5H6N2O.C3HF3N2O/c2*1-2-4-7(5-3-1)8-9-6-10-11-8;1-2-7(3-4-7)6-8-5-9-10-6;1-2-4-6(3-1)7-8-5-9-10-7;1-6(2-3-6)5-7-4-8-9-5;1-2-5(3-1)6-7-4-8-9-6;1-2-4(1)5-6-3-7-8-5;4-3(5,6)2-7-1-8-9-2/h6-7H,1-5H2;1-6H;5H,2-4H2,1H3;5-6H,1-4H2;4H,2-3H2,1H3;4-5H,1-3H2;3-4H,1-2H2;1H. The van der Waals surface area contributed by atoms with Gasteiger partial charge in [0.25, 0.3) is 5.89 Å². The van der Waals surface area contributed by atoms with Crippen LogP contribution in [0.25, 0.3) is 11.5 Å². The second kappa shape index (κ2) is 27.8. The molecular formula is C50H61F3N16O8. The molecule has 0 saturated heterocycles. The summed E-state index contributed by atoms with van der Waals surface area (Å²) in [6, 6.07) is 9.65. The molecule has 0 atom stereocenters. The number of aromatic nitrogens is 16. The lowest BCUT2D eigenvalue weighted by molar-refractivity contribution is -0.159. The first-order chi connectivity index (χ1) is 37.6. The third-order valence-electron chi connectivity index (χ3n) is 13.8. The fourth-order valence-electron chi connectivity index (χ4n) is 8.25. The predicted molar refractivity (Wildman–Crippen MR) is 258 cm³/mol. The van der Waals surface area contributed by atoms with Gasteiger partial charge in [-0.15, -0.1) is 0 Å². The second-order valence-corrected chi connectivity index (χ2v) is 19.4. The van der Waals surface area contributed by atoms with Crippen molar-refractivity contribution in [1.29, 1.82) is 0 Å². The zero-order valence-electron chi connectivity index (χ0n) is 42.8. The Bertz CT molecular complexity index is 2790. The average molecular weight is 1070 g/mol. The largest absolute Gasteiger partial charge is 0.471 e. The van der Waals surface area contributed by atoms with Crippen molar-refractivity contribution in [2.24, 2.45) is 0 Å². The van der Waals surface area contributed by atoms with Gasteiger partial charge in [0.1, 0.15) is 0 Å². The van der Waals surface area contributed by atoms with E-state index in [9.17, 15) is 13.2 Å². The van der Waals surface area contributed by atoms with Crippen LogP contribution in [-0.4, -0.2) is 81.1 Å². The highest BCUT2D eigenvalue weighted by atomic mass is 19.4. The number of alkyl halides is 3. The minimum Gasteiger partial charge on any atom is -0.339 e. The lowest BCUT2D eigenvalue weighted by Gasteiger charge is -2.20. The maximum atomic E-state index is 11.4. The van der Waals surface area contributed by atoms with E-state index in [1.54, 1.807) is 0 Å². The minimum atomic E-state index is -4.52. The number of halogens is 3. The van der Waals surface area contributed by atoms with E-state index in [1.165, 1.54) is 160 Å². The summed E-state index contributed by atoms with van der Waals surface area (Å²) in [7, 11) is 0. The molecule has 77 heavy (non-hydrogen) atoms. The molecule has 27 heteroatoms. The van der Waals surface area contributed by atoms with E-state index in [0.717, 1.165) is 47.3 Å². The first kappa shape index (κ1) is 55.4. The molecule has 410 valence electrons. The first-order valence-electron chi connectivity index (χ1n) is 25.9. The van der Waals surface area contributed by atoms with E-state index in [0.29, 0.717) is 35.9 Å². The highest BCUT2D eigenvalue weighted by Crippen LogP contribution is 2.50. The second-order valence-electron chi connectivity index (χ2n) is 19.4. The summed E-state index contributed by atoms with van der Waals surface area (Å²) in [5, 5.41) is 27.7. The summed E-state index contributed by atoms with van der Waals surface area (Å²) < 4.78 is 72.4. The van der Waals surface area contributed by atoms with E-state index in [1.807, 2.05) is 30.3 Å². The van der Waals surface area contributed by atoms with Crippen LogP contribution in [0.15, 0.2) is 117 Å². The summed E-state index contributed by atoms with van der Waals surface area (Å²) in [6.45, 7) is 4.30. The zero-order chi connectivity index (χ0) is 53.6. The van der Waals surface area contributed by atoms with Crippen LogP contribution in [0.2, 0.25) is 0 Å². The molecule has 1 aromatic carbocycles. The molecule has 6 fully saturated rings. The summed E-state index contributed by atoms with van der Waals surface area (Å²) in [5.41, 5.74) is 1.46. The molecule has 24 nitrogen and oxygen atoms in total. The number of hydrogen-bond acceptors (Lipinski definition) is 24. The van der Waals surface area contributed by atoms with Crippen molar-refractivity contribution in [3.8, 4) is 11.5 Å². The van der Waals surface area contributed by atoms with Crippen molar-refractivity contribution in [1.82, 2.24) is 81.1 Å². The Hall–Kier alpha value is -7.87. The van der Waals surface area contributed by atoms with Gasteiger partial charge >= 0.3 is 12.1 Å². The smallest absolute Gasteiger partial charge is 0.339 e. The number of rotatable bonds is 8. The minimum absolute atomic E-state index is 0.233. The quantitative estimate of drug-likeness (QED) is 0.136. The topological polar surface area (TPSA) is 311 Å². The lowest BCUT2D eigenvalue weighted by Crippen LogP contribution is -2.08. The molecule has 6 saturated carbocycles. The van der Waals surface area contributed by atoms with Gasteiger partial charge in [-0.05, 0) is 95.6 Å². The maximum absolute atomic E-state index is 11.4. The van der Waals surface area contributed by atoms with Crippen LogP contribution in [0.5, 0.6) is 0 Å². The van der Waals surface area contributed by atoms with Crippen LogP contribution in [0.3, 0.4) is 0 Å². The van der Waals surface area contributed by atoms with Gasteiger partial charge in [0.2, 0.25) is 35.3 Å². The molecular weight excluding hydrogens is 1010 g/mol. The highest BCUT2D eigenvalue weighted by Gasteiger charge is 2.47. The molecule has 8 heterocycles. The normalized spacial score (nSPS) is 17.8. The maximum Gasteiger partial charge on any atom is 0.471 e. The molecule has 0 spiro atoms. The van der Waals surface area contributed by atoms with Gasteiger partial charge in [-0.25, -0.2) is 0 Å². The van der Waals surface area contributed by atoms with Crippen molar-refractivity contribution < 1.29 is 49.4 Å². The molecule has 0 unspecified atom stereocenters. The lowest BCUT2D eigenvalue weighted by atomic mass is 9.85. The van der Waals surface area contributed by atoms with Gasteiger partial charge in [0.05, 0.1) is 0 Å². The van der Waals surface area contributed by atoms with Crippen molar-refractivity contribution in [2.75, 3.05) is 0 Å². The van der Waals surface area contributed by atoms with E-state index < -0.39 is 12.1 Å². The van der Waals surface area contributed by atoms with Gasteiger partial charge in [-0.3, -0.25) is 0 Å². The van der Waals surface area contributed by atoms with E-state index in [-0.39, 0.29) is 10.8 Å². The van der Waals surface area contributed by atoms with Crippen LogP contribution in [0.1, 0.15) is 201 Å². The van der Waals surface area contributed by atoms with E-state index in [4.69, 9.17) is 31.7 Å². The first-order valence-corrected chi connectivity index (χ1v) is 25.9. The molecule has 6 aliphatic rings. The summed E-state index contributed by atoms with van der Waals surface area (Å²) in [4.78, 5) is 30.7. The molecule has 0 N–H and O–H groups in total. The highest BCUT2D eigenvalue weighted by molar-refractivity contribution is 5.51. The SMILES string of the molecule is CC1(c2ncno2)CC1.CCC1(c2ncno2)CC1.FC(F)(F)c1ncno1.c1ccc(-c2ncno2)cc1.c1noc(C2CC2)n1.c1noc(C2CCC2)n1.c1noc(C2CCCC2)n1.c1noc(C2CCCCC2)n1. The van der Waals surface area contributed by atoms with Crippen LogP contribution < -0.4 is 0 Å². The third kappa shape index (κ3) is 17.3. The predicted octanol–water partition coefficient (Wildman–Crippen LogP) is 11.6. The van der Waals surface area contributed by atoms with Crippen LogP contribution in [-0.2, 0) is 17.0 Å². The number of hydrogen-bond donors (Lipinski definition) is 0. The van der Waals surface area contributed by atoms with Gasteiger partial charge in [-0.1, -0.05) is 112 Å². The van der Waals surface area contributed by atoms with Crippen molar-refractivity contribution in [3.63, 3.8) is 0 Å². The van der Waals surface area contributed by atoms with Crippen molar-refractivity contribution in [2.45, 2.75) is 177 Å².